The molecular weight excluding hydrogens is 246 g/mol. The summed E-state index contributed by atoms with van der Waals surface area (Å²) in [6, 6.07) is 0. The quantitative estimate of drug-likeness (QED) is 0.580. The van der Waals surface area contributed by atoms with Crippen LogP contribution in [0, 0.1) is 5.41 Å². The number of nitrogens with zero attached hydrogens (tertiary/aromatic N) is 1. The van der Waals surface area contributed by atoms with Gasteiger partial charge in [-0.2, -0.15) is 0 Å². The summed E-state index contributed by atoms with van der Waals surface area (Å²) in [4.78, 5) is 28.3. The minimum absolute atomic E-state index is 0.231. The van der Waals surface area contributed by atoms with Crippen LogP contribution in [0.3, 0.4) is 0 Å². The topological polar surface area (TPSA) is 55.8 Å². The Morgan fingerprint density at radius 1 is 1.26 bits per heavy atom. The van der Waals surface area contributed by atoms with Crippen LogP contribution in [0.4, 0.5) is 0 Å². The Kier molecular flexibility index (Phi) is 5.54. The van der Waals surface area contributed by atoms with Crippen LogP contribution in [0.1, 0.15) is 40.5 Å². The molecule has 0 saturated carbocycles. The molecule has 0 aromatic carbocycles. The molecule has 0 atom stereocenters. The number of rotatable bonds is 3. The maximum atomic E-state index is 11.7. The van der Waals surface area contributed by atoms with Crippen LogP contribution in [-0.4, -0.2) is 36.7 Å². The average molecular weight is 269 g/mol. The molecule has 0 aromatic heterocycles. The van der Waals surface area contributed by atoms with Crippen molar-refractivity contribution in [2.75, 3.05) is 19.7 Å². The van der Waals surface area contributed by atoms with Crippen LogP contribution in [0.2, 0.25) is 0 Å². The highest BCUT2D eigenvalue weighted by molar-refractivity contribution is 5.82. The molecule has 19 heavy (non-hydrogen) atoms. The van der Waals surface area contributed by atoms with Crippen molar-refractivity contribution in [1.29, 1.82) is 0 Å². The van der Waals surface area contributed by atoms with Crippen LogP contribution < -0.4 is 0 Å². The fourth-order valence-electron chi connectivity index (χ4n) is 1.61. The second-order valence-corrected chi connectivity index (χ2v) is 5.61. The summed E-state index contributed by atoms with van der Waals surface area (Å²) < 4.78 is 4.87. The molecule has 5 heteroatoms. The van der Waals surface area contributed by atoms with Crippen LogP contribution in [-0.2, 0) is 19.2 Å². The lowest BCUT2D eigenvalue weighted by Gasteiger charge is -2.29. The molecular formula is C14H23NO4. The largest absolute Gasteiger partial charge is 0.463 e. The summed E-state index contributed by atoms with van der Waals surface area (Å²) in [5, 5.41) is 1.66. The van der Waals surface area contributed by atoms with Gasteiger partial charge in [0.05, 0.1) is 12.0 Å². The van der Waals surface area contributed by atoms with Gasteiger partial charge in [-0.25, -0.2) is 9.59 Å². The van der Waals surface area contributed by atoms with Gasteiger partial charge in [0.25, 0.3) is 0 Å². The molecule has 0 aromatic rings. The van der Waals surface area contributed by atoms with Gasteiger partial charge in [-0.15, -0.1) is 5.06 Å². The second kappa shape index (κ2) is 6.70. The zero-order chi connectivity index (χ0) is 14.5. The monoisotopic (exact) mass is 269 g/mol. The lowest BCUT2D eigenvalue weighted by molar-refractivity contribution is -0.202. The summed E-state index contributed by atoms with van der Waals surface area (Å²) >= 11 is 0. The van der Waals surface area contributed by atoms with Gasteiger partial charge in [-0.3, -0.25) is 0 Å². The SMILES string of the molecule is CCOC(=O)C=C1CCN(OC(=O)C(C)(C)C)CC1. The van der Waals surface area contributed by atoms with Crippen molar-refractivity contribution in [3.05, 3.63) is 11.6 Å². The van der Waals surface area contributed by atoms with E-state index in [1.165, 1.54) is 0 Å². The summed E-state index contributed by atoms with van der Waals surface area (Å²) in [5.74, 6) is -0.525. The van der Waals surface area contributed by atoms with Gasteiger partial charge in [-0.05, 0) is 40.5 Å². The molecule has 1 rings (SSSR count). The van der Waals surface area contributed by atoms with Crippen molar-refractivity contribution in [2.45, 2.75) is 40.5 Å². The van der Waals surface area contributed by atoms with E-state index in [1.807, 2.05) is 20.8 Å². The van der Waals surface area contributed by atoms with E-state index in [1.54, 1.807) is 18.1 Å². The number of carbonyl (C=O) groups is 2. The van der Waals surface area contributed by atoms with Crippen LogP contribution >= 0.6 is 0 Å². The van der Waals surface area contributed by atoms with E-state index in [4.69, 9.17) is 9.57 Å². The lowest BCUT2D eigenvalue weighted by Crippen LogP contribution is -2.37. The fraction of sp³-hybridized carbons (Fsp3) is 0.714. The number of hydrogen-bond acceptors (Lipinski definition) is 5. The van der Waals surface area contributed by atoms with E-state index in [-0.39, 0.29) is 11.9 Å². The van der Waals surface area contributed by atoms with E-state index in [0.29, 0.717) is 19.7 Å². The Labute approximate surface area is 114 Å². The smallest absolute Gasteiger partial charge is 0.330 e. The average Bonchev–Trinajstić information content (AvgIpc) is 2.30. The van der Waals surface area contributed by atoms with Crippen molar-refractivity contribution >= 4 is 11.9 Å². The van der Waals surface area contributed by atoms with E-state index in [9.17, 15) is 9.59 Å². The molecule has 0 amide bonds. The zero-order valence-electron chi connectivity index (χ0n) is 12.2. The summed E-state index contributed by atoms with van der Waals surface area (Å²) in [7, 11) is 0. The molecule has 1 aliphatic heterocycles. The molecule has 0 radical (unpaired) electrons. The third-order valence-electron chi connectivity index (χ3n) is 2.80. The zero-order valence-corrected chi connectivity index (χ0v) is 12.2. The first-order valence-electron chi connectivity index (χ1n) is 6.66. The predicted octanol–water partition coefficient (Wildman–Crippen LogP) is 2.08. The number of esters is 1. The maximum Gasteiger partial charge on any atom is 0.330 e. The fourth-order valence-corrected chi connectivity index (χ4v) is 1.61. The minimum Gasteiger partial charge on any atom is -0.463 e. The molecule has 5 nitrogen and oxygen atoms in total. The first-order valence-corrected chi connectivity index (χ1v) is 6.66. The Morgan fingerprint density at radius 3 is 2.32 bits per heavy atom. The van der Waals surface area contributed by atoms with Crippen molar-refractivity contribution in [1.82, 2.24) is 5.06 Å². The van der Waals surface area contributed by atoms with Crippen LogP contribution in [0.5, 0.6) is 0 Å². The maximum absolute atomic E-state index is 11.7. The molecule has 0 unspecified atom stereocenters. The van der Waals surface area contributed by atoms with Gasteiger partial charge in [0.2, 0.25) is 0 Å². The van der Waals surface area contributed by atoms with E-state index < -0.39 is 5.41 Å². The van der Waals surface area contributed by atoms with Crippen molar-refractivity contribution in [2.24, 2.45) is 5.41 Å². The van der Waals surface area contributed by atoms with Crippen LogP contribution in [0.25, 0.3) is 0 Å². The number of piperidine rings is 1. The van der Waals surface area contributed by atoms with Crippen molar-refractivity contribution < 1.29 is 19.2 Å². The number of carbonyl (C=O) groups excluding carboxylic acids is 2. The normalized spacial score (nSPS) is 16.9. The molecule has 108 valence electrons. The number of hydroxylamine groups is 2. The highest BCUT2D eigenvalue weighted by Gasteiger charge is 2.27. The number of hydrogen-bond donors (Lipinski definition) is 0. The third kappa shape index (κ3) is 5.42. The Balaban J connectivity index is 2.41. The van der Waals surface area contributed by atoms with Crippen LogP contribution in [0.15, 0.2) is 11.6 Å². The van der Waals surface area contributed by atoms with Gasteiger partial charge in [0.1, 0.15) is 0 Å². The minimum atomic E-state index is -0.499. The first-order chi connectivity index (χ1) is 8.82. The highest BCUT2D eigenvalue weighted by atomic mass is 16.7. The molecule has 0 spiro atoms. The van der Waals surface area contributed by atoms with E-state index >= 15 is 0 Å². The summed E-state index contributed by atoms with van der Waals surface area (Å²) in [5.41, 5.74) is 0.544. The summed E-state index contributed by atoms with van der Waals surface area (Å²) in [6.45, 7) is 8.88. The highest BCUT2D eigenvalue weighted by Crippen LogP contribution is 2.20. The molecule has 1 saturated heterocycles. The van der Waals surface area contributed by atoms with Gasteiger partial charge in [-0.1, -0.05) is 5.57 Å². The van der Waals surface area contributed by atoms with E-state index in [0.717, 1.165) is 18.4 Å². The number of ether oxygens (including phenoxy) is 1. The molecule has 1 heterocycles. The predicted molar refractivity (Wildman–Crippen MR) is 71.1 cm³/mol. The third-order valence-corrected chi connectivity index (χ3v) is 2.80. The van der Waals surface area contributed by atoms with Crippen molar-refractivity contribution in [3.63, 3.8) is 0 Å². The molecule has 1 fully saturated rings. The van der Waals surface area contributed by atoms with E-state index in [2.05, 4.69) is 0 Å². The molecule has 1 aliphatic rings. The second-order valence-electron chi connectivity index (χ2n) is 5.61. The molecule has 0 N–H and O–H groups in total. The molecule has 0 bridgehead atoms. The lowest BCUT2D eigenvalue weighted by atomic mass is 9.98. The van der Waals surface area contributed by atoms with Gasteiger partial charge in [0.15, 0.2) is 0 Å². The first kappa shape index (κ1) is 15.7. The summed E-state index contributed by atoms with van der Waals surface area (Å²) in [6.07, 6.45) is 2.99. The Hall–Kier alpha value is -1.36. The standard InChI is InChI=1S/C14H23NO4/c1-5-18-12(16)10-11-6-8-15(9-7-11)19-13(17)14(2,3)4/h10H,5-9H2,1-4H3. The molecule has 0 aliphatic carbocycles. The Morgan fingerprint density at radius 2 is 1.84 bits per heavy atom. The van der Waals surface area contributed by atoms with Crippen molar-refractivity contribution in [3.8, 4) is 0 Å². The van der Waals surface area contributed by atoms with Gasteiger partial charge in [0, 0.05) is 19.2 Å². The van der Waals surface area contributed by atoms with Gasteiger partial charge < -0.3 is 9.57 Å². The Bertz CT molecular complexity index is 358. The van der Waals surface area contributed by atoms with Gasteiger partial charge >= 0.3 is 11.9 Å².